The molecule has 0 aliphatic carbocycles. The molecular formula is C14H18ClF4NO. The summed E-state index contributed by atoms with van der Waals surface area (Å²) in [6.07, 6.45) is -3.31. The van der Waals surface area contributed by atoms with E-state index in [1.165, 1.54) is 12.1 Å². The van der Waals surface area contributed by atoms with Crippen LogP contribution < -0.4 is 5.32 Å². The van der Waals surface area contributed by atoms with E-state index < -0.39 is 18.6 Å². The minimum absolute atomic E-state index is 0.137. The van der Waals surface area contributed by atoms with Crippen LogP contribution in [0.5, 0.6) is 0 Å². The van der Waals surface area contributed by atoms with Crippen LogP contribution in [0.2, 0.25) is 5.02 Å². The maximum atomic E-state index is 13.7. The molecule has 0 aliphatic rings. The number of rotatable bonds is 8. The Morgan fingerprint density at radius 1 is 1.33 bits per heavy atom. The molecule has 120 valence electrons. The van der Waals surface area contributed by atoms with Gasteiger partial charge in [0.25, 0.3) is 0 Å². The Labute approximate surface area is 126 Å². The molecule has 0 saturated carbocycles. The van der Waals surface area contributed by atoms with E-state index in [0.29, 0.717) is 12.1 Å². The zero-order chi connectivity index (χ0) is 15.9. The van der Waals surface area contributed by atoms with E-state index in [9.17, 15) is 17.6 Å². The second-order valence-corrected chi connectivity index (χ2v) is 5.16. The highest BCUT2D eigenvalue weighted by Gasteiger charge is 2.28. The second-order valence-electron chi connectivity index (χ2n) is 4.72. The molecule has 0 saturated heterocycles. The first-order valence-corrected chi connectivity index (χ1v) is 7.01. The first kappa shape index (κ1) is 18.2. The highest BCUT2D eigenvalue weighted by molar-refractivity contribution is 6.30. The molecule has 1 aromatic carbocycles. The Bertz CT molecular complexity index is 439. The summed E-state index contributed by atoms with van der Waals surface area (Å²) < 4.78 is 54.6. The van der Waals surface area contributed by atoms with Crippen molar-refractivity contribution in [2.75, 3.05) is 19.8 Å². The average molecular weight is 328 g/mol. The fourth-order valence-electron chi connectivity index (χ4n) is 1.81. The number of hydrogen-bond donors (Lipinski definition) is 1. The van der Waals surface area contributed by atoms with Crippen LogP contribution in [-0.4, -0.2) is 32.0 Å². The van der Waals surface area contributed by atoms with Crippen LogP contribution >= 0.6 is 11.6 Å². The van der Waals surface area contributed by atoms with Crippen LogP contribution in [-0.2, 0) is 11.2 Å². The second kappa shape index (κ2) is 8.56. The smallest absolute Gasteiger partial charge is 0.370 e. The third-order valence-corrected chi connectivity index (χ3v) is 2.98. The van der Waals surface area contributed by atoms with Gasteiger partial charge in [-0.05, 0) is 37.1 Å². The van der Waals surface area contributed by atoms with Crippen molar-refractivity contribution in [1.82, 2.24) is 5.32 Å². The van der Waals surface area contributed by atoms with Crippen molar-refractivity contribution in [2.24, 2.45) is 0 Å². The lowest BCUT2D eigenvalue weighted by Gasteiger charge is -2.19. The van der Waals surface area contributed by atoms with Gasteiger partial charge in [0.1, 0.15) is 12.4 Å². The van der Waals surface area contributed by atoms with Crippen LogP contribution in [0, 0.1) is 5.82 Å². The quantitative estimate of drug-likeness (QED) is 0.730. The van der Waals surface area contributed by atoms with E-state index in [4.69, 9.17) is 11.6 Å². The number of hydrogen-bond acceptors (Lipinski definition) is 2. The van der Waals surface area contributed by atoms with E-state index in [1.54, 1.807) is 6.07 Å². The summed E-state index contributed by atoms with van der Waals surface area (Å²) >= 11 is 5.67. The minimum atomic E-state index is -4.36. The minimum Gasteiger partial charge on any atom is -0.370 e. The Balaban J connectivity index is 2.60. The zero-order valence-corrected chi connectivity index (χ0v) is 12.4. The first-order valence-electron chi connectivity index (χ1n) is 6.63. The molecule has 1 N–H and O–H groups in total. The molecular weight excluding hydrogens is 310 g/mol. The van der Waals surface area contributed by atoms with Crippen molar-refractivity contribution in [3.63, 3.8) is 0 Å². The van der Waals surface area contributed by atoms with Gasteiger partial charge in [0.2, 0.25) is 0 Å². The first-order chi connectivity index (χ1) is 9.81. The SMILES string of the molecule is CCCNC(COCC(F)(F)F)Cc1ccc(Cl)cc1F. The molecule has 0 amide bonds. The van der Waals surface area contributed by atoms with Gasteiger partial charge >= 0.3 is 6.18 Å². The molecule has 1 aromatic rings. The lowest BCUT2D eigenvalue weighted by molar-refractivity contribution is -0.175. The fraction of sp³-hybridized carbons (Fsp3) is 0.571. The molecule has 0 heterocycles. The van der Waals surface area contributed by atoms with Crippen LogP contribution in [0.1, 0.15) is 18.9 Å². The van der Waals surface area contributed by atoms with Gasteiger partial charge in [0.05, 0.1) is 6.61 Å². The molecule has 0 bridgehead atoms. The van der Waals surface area contributed by atoms with Crippen molar-refractivity contribution >= 4 is 11.6 Å². The van der Waals surface area contributed by atoms with E-state index in [1.807, 2.05) is 6.92 Å². The predicted octanol–water partition coefficient (Wildman–Crippen LogP) is 3.97. The zero-order valence-electron chi connectivity index (χ0n) is 11.6. The molecule has 2 nitrogen and oxygen atoms in total. The Morgan fingerprint density at radius 3 is 2.62 bits per heavy atom. The van der Waals surface area contributed by atoms with Gasteiger partial charge in [-0.2, -0.15) is 13.2 Å². The maximum Gasteiger partial charge on any atom is 0.411 e. The topological polar surface area (TPSA) is 21.3 Å². The third kappa shape index (κ3) is 7.64. The summed E-state index contributed by atoms with van der Waals surface area (Å²) in [7, 11) is 0. The molecule has 7 heteroatoms. The summed E-state index contributed by atoms with van der Waals surface area (Å²) in [5.74, 6) is -0.471. The van der Waals surface area contributed by atoms with Gasteiger partial charge in [0, 0.05) is 11.1 Å². The van der Waals surface area contributed by atoms with E-state index in [2.05, 4.69) is 10.1 Å². The lowest BCUT2D eigenvalue weighted by atomic mass is 10.1. The van der Waals surface area contributed by atoms with Gasteiger partial charge in [0.15, 0.2) is 0 Å². The maximum absolute atomic E-state index is 13.7. The normalized spacial score (nSPS) is 13.4. The molecule has 0 aromatic heterocycles. The molecule has 0 spiro atoms. The largest absolute Gasteiger partial charge is 0.411 e. The molecule has 21 heavy (non-hydrogen) atoms. The van der Waals surface area contributed by atoms with Crippen LogP contribution in [0.4, 0.5) is 17.6 Å². The molecule has 1 unspecified atom stereocenters. The number of nitrogens with one attached hydrogen (secondary N) is 1. The summed E-state index contributed by atoms with van der Waals surface area (Å²) in [5, 5.41) is 3.33. The molecule has 1 atom stereocenters. The van der Waals surface area contributed by atoms with E-state index >= 15 is 0 Å². The highest BCUT2D eigenvalue weighted by atomic mass is 35.5. The van der Waals surface area contributed by atoms with Gasteiger partial charge in [-0.3, -0.25) is 0 Å². The molecule has 1 rings (SSSR count). The average Bonchev–Trinajstić information content (AvgIpc) is 2.37. The summed E-state index contributed by atoms with van der Waals surface area (Å²) in [5.41, 5.74) is 0.392. The van der Waals surface area contributed by atoms with Crippen molar-refractivity contribution in [3.05, 3.63) is 34.6 Å². The third-order valence-electron chi connectivity index (χ3n) is 2.75. The predicted molar refractivity (Wildman–Crippen MR) is 74.1 cm³/mol. The van der Waals surface area contributed by atoms with Crippen LogP contribution in [0.3, 0.4) is 0 Å². The number of halogens is 5. The van der Waals surface area contributed by atoms with Crippen molar-refractivity contribution in [2.45, 2.75) is 32.0 Å². The lowest BCUT2D eigenvalue weighted by Crippen LogP contribution is -2.37. The molecule has 0 fully saturated rings. The summed E-state index contributed by atoms with van der Waals surface area (Å²) in [6, 6.07) is 3.88. The Morgan fingerprint density at radius 2 is 2.05 bits per heavy atom. The van der Waals surface area contributed by atoms with Crippen molar-refractivity contribution < 1.29 is 22.3 Å². The van der Waals surface area contributed by atoms with Crippen molar-refractivity contribution in [3.8, 4) is 0 Å². The van der Waals surface area contributed by atoms with E-state index in [0.717, 1.165) is 6.42 Å². The standard InChI is InChI=1S/C14H18ClF4NO/c1-2-5-20-12(8-21-9-14(17,18)19)6-10-3-4-11(15)7-13(10)16/h3-4,7,12,20H,2,5-6,8-9H2,1H3. The van der Waals surface area contributed by atoms with Crippen LogP contribution in [0.25, 0.3) is 0 Å². The monoisotopic (exact) mass is 327 g/mol. The van der Waals surface area contributed by atoms with Gasteiger partial charge in [-0.1, -0.05) is 24.6 Å². The number of benzene rings is 1. The van der Waals surface area contributed by atoms with Crippen LogP contribution in [0.15, 0.2) is 18.2 Å². The molecule has 0 radical (unpaired) electrons. The summed E-state index contributed by atoms with van der Waals surface area (Å²) in [4.78, 5) is 0. The fourth-order valence-corrected chi connectivity index (χ4v) is 1.97. The molecule has 0 aliphatic heterocycles. The number of alkyl halides is 3. The van der Waals surface area contributed by atoms with Gasteiger partial charge in [-0.25, -0.2) is 4.39 Å². The Hall–Kier alpha value is -0.850. The van der Waals surface area contributed by atoms with Gasteiger partial charge in [-0.15, -0.1) is 0 Å². The van der Waals surface area contributed by atoms with Gasteiger partial charge < -0.3 is 10.1 Å². The summed E-state index contributed by atoms with van der Waals surface area (Å²) in [6.45, 7) is 1.11. The Kier molecular flexibility index (Phi) is 7.42. The van der Waals surface area contributed by atoms with Crippen molar-refractivity contribution in [1.29, 1.82) is 0 Å². The number of ether oxygens (including phenoxy) is 1. The van der Waals surface area contributed by atoms with E-state index in [-0.39, 0.29) is 24.1 Å². The highest BCUT2D eigenvalue weighted by Crippen LogP contribution is 2.17.